The molecule has 0 saturated carbocycles. The summed E-state index contributed by atoms with van der Waals surface area (Å²) in [7, 11) is 0. The quantitative estimate of drug-likeness (QED) is 0.852. The van der Waals surface area contributed by atoms with Crippen molar-refractivity contribution >= 4 is 23.2 Å². The van der Waals surface area contributed by atoms with Gasteiger partial charge < -0.3 is 9.80 Å². The third-order valence-corrected chi connectivity index (χ3v) is 4.34. The van der Waals surface area contributed by atoms with Crippen molar-refractivity contribution in [2.45, 2.75) is 0 Å². The molecule has 1 aliphatic heterocycles. The first-order valence-corrected chi connectivity index (χ1v) is 7.86. The van der Waals surface area contributed by atoms with Gasteiger partial charge >= 0.3 is 0 Å². The molecule has 5 heteroatoms. The predicted molar refractivity (Wildman–Crippen MR) is 90.7 cm³/mol. The van der Waals surface area contributed by atoms with E-state index >= 15 is 0 Å². The molecule has 0 unspecified atom stereocenters. The monoisotopic (exact) mass is 325 g/mol. The molecule has 1 aliphatic rings. The summed E-state index contributed by atoms with van der Waals surface area (Å²) in [5.41, 5.74) is 2.22. The second kappa shape index (κ2) is 6.72. The number of amides is 1. The number of halogens is 1. The van der Waals surface area contributed by atoms with Crippen LogP contribution in [0.15, 0.2) is 48.5 Å². The smallest absolute Gasteiger partial charge is 0.255 e. The molecule has 0 atom stereocenters. The average Bonchev–Trinajstić information content (AvgIpc) is 2.62. The minimum absolute atomic E-state index is 0.0268. The van der Waals surface area contributed by atoms with E-state index in [4.69, 9.17) is 16.9 Å². The van der Waals surface area contributed by atoms with Gasteiger partial charge in [-0.15, -0.1) is 0 Å². The molecule has 116 valence electrons. The maximum Gasteiger partial charge on any atom is 0.255 e. The van der Waals surface area contributed by atoms with Crippen molar-refractivity contribution in [2.75, 3.05) is 31.1 Å². The Hall–Kier alpha value is -2.51. The predicted octanol–water partition coefficient (Wildman–Crippen LogP) is 3.17. The van der Waals surface area contributed by atoms with E-state index in [-0.39, 0.29) is 5.91 Å². The summed E-state index contributed by atoms with van der Waals surface area (Å²) in [6.45, 7) is 2.76. The van der Waals surface area contributed by atoms with Gasteiger partial charge in [0, 0.05) is 31.9 Å². The highest BCUT2D eigenvalue weighted by Crippen LogP contribution is 2.21. The van der Waals surface area contributed by atoms with Gasteiger partial charge in [0.1, 0.15) is 0 Å². The topological polar surface area (TPSA) is 47.3 Å². The van der Waals surface area contributed by atoms with Crippen LogP contribution in [0.1, 0.15) is 15.9 Å². The van der Waals surface area contributed by atoms with E-state index in [1.54, 1.807) is 18.2 Å². The fraction of sp³-hybridized carbons (Fsp3) is 0.222. The van der Waals surface area contributed by atoms with Crippen LogP contribution in [0.2, 0.25) is 5.02 Å². The van der Waals surface area contributed by atoms with Gasteiger partial charge in [-0.25, -0.2) is 0 Å². The fourth-order valence-corrected chi connectivity index (χ4v) is 2.96. The Labute approximate surface area is 140 Å². The number of benzene rings is 2. The molecule has 1 saturated heterocycles. The van der Waals surface area contributed by atoms with Crippen LogP contribution in [-0.2, 0) is 0 Å². The Bertz CT molecular complexity index is 761. The lowest BCUT2D eigenvalue weighted by molar-refractivity contribution is 0.0747. The highest BCUT2D eigenvalue weighted by Gasteiger charge is 2.23. The van der Waals surface area contributed by atoms with Crippen molar-refractivity contribution in [2.24, 2.45) is 0 Å². The van der Waals surface area contributed by atoms with Gasteiger partial charge in [-0.05, 0) is 30.3 Å². The van der Waals surface area contributed by atoms with E-state index in [0.29, 0.717) is 29.2 Å². The van der Waals surface area contributed by atoms with Crippen LogP contribution in [0.4, 0.5) is 5.69 Å². The highest BCUT2D eigenvalue weighted by atomic mass is 35.5. The van der Waals surface area contributed by atoms with Crippen LogP contribution < -0.4 is 4.90 Å². The number of rotatable bonds is 2. The van der Waals surface area contributed by atoms with Crippen LogP contribution >= 0.6 is 11.6 Å². The van der Waals surface area contributed by atoms with Crippen LogP contribution in [0, 0.1) is 11.3 Å². The molecular formula is C18H16ClN3O. The van der Waals surface area contributed by atoms with Crippen LogP contribution in [-0.4, -0.2) is 37.0 Å². The standard InChI is InChI=1S/C18H16ClN3O/c19-17-7-2-1-6-16(17)18(23)22-10-8-21(9-11-22)15-5-3-4-14(12-15)13-20/h1-7,12H,8-11H2. The van der Waals surface area contributed by atoms with E-state index in [1.165, 1.54) is 0 Å². The Kier molecular flexibility index (Phi) is 4.50. The van der Waals surface area contributed by atoms with Gasteiger partial charge in [-0.3, -0.25) is 4.79 Å². The number of nitriles is 1. The van der Waals surface area contributed by atoms with Gasteiger partial charge in [0.05, 0.1) is 22.2 Å². The number of carbonyl (C=O) groups is 1. The maximum absolute atomic E-state index is 12.5. The maximum atomic E-state index is 12.5. The number of hydrogen-bond donors (Lipinski definition) is 0. The Balaban J connectivity index is 1.68. The minimum atomic E-state index is -0.0268. The molecule has 1 fully saturated rings. The molecular weight excluding hydrogens is 310 g/mol. The highest BCUT2D eigenvalue weighted by molar-refractivity contribution is 6.33. The van der Waals surface area contributed by atoms with Gasteiger partial charge in [0.2, 0.25) is 0 Å². The first-order chi connectivity index (χ1) is 11.2. The van der Waals surface area contributed by atoms with E-state index in [1.807, 2.05) is 35.2 Å². The fourth-order valence-electron chi connectivity index (χ4n) is 2.74. The third kappa shape index (κ3) is 3.30. The second-order valence-corrected chi connectivity index (χ2v) is 5.83. The summed E-state index contributed by atoms with van der Waals surface area (Å²) >= 11 is 6.11. The molecule has 0 bridgehead atoms. The number of carbonyl (C=O) groups excluding carboxylic acids is 1. The van der Waals surface area contributed by atoms with Gasteiger partial charge in [-0.2, -0.15) is 5.26 Å². The molecule has 0 radical (unpaired) electrons. The third-order valence-electron chi connectivity index (χ3n) is 4.01. The van der Waals surface area contributed by atoms with E-state index < -0.39 is 0 Å². The first kappa shape index (κ1) is 15.4. The molecule has 3 rings (SSSR count). The molecule has 2 aromatic carbocycles. The number of anilines is 1. The zero-order valence-corrected chi connectivity index (χ0v) is 13.3. The lowest BCUT2D eigenvalue weighted by Crippen LogP contribution is -2.48. The van der Waals surface area contributed by atoms with Crippen LogP contribution in [0.3, 0.4) is 0 Å². The van der Waals surface area contributed by atoms with Crippen LogP contribution in [0.25, 0.3) is 0 Å². The van der Waals surface area contributed by atoms with E-state index in [9.17, 15) is 4.79 Å². The Morgan fingerprint density at radius 2 is 1.78 bits per heavy atom. The van der Waals surface area contributed by atoms with Crippen molar-refractivity contribution < 1.29 is 4.79 Å². The summed E-state index contributed by atoms with van der Waals surface area (Å²) < 4.78 is 0. The molecule has 0 N–H and O–H groups in total. The Morgan fingerprint density at radius 3 is 2.48 bits per heavy atom. The van der Waals surface area contributed by atoms with E-state index in [2.05, 4.69) is 11.0 Å². The van der Waals surface area contributed by atoms with Crippen LogP contribution in [0.5, 0.6) is 0 Å². The van der Waals surface area contributed by atoms with Crippen molar-refractivity contribution in [3.63, 3.8) is 0 Å². The Morgan fingerprint density at radius 1 is 1.04 bits per heavy atom. The summed E-state index contributed by atoms with van der Waals surface area (Å²) in [6.07, 6.45) is 0. The summed E-state index contributed by atoms with van der Waals surface area (Å²) in [5.74, 6) is -0.0268. The molecule has 0 spiro atoms. The van der Waals surface area contributed by atoms with Crippen molar-refractivity contribution in [3.05, 3.63) is 64.7 Å². The van der Waals surface area contributed by atoms with Crippen molar-refractivity contribution in [1.29, 1.82) is 5.26 Å². The molecule has 1 heterocycles. The van der Waals surface area contributed by atoms with Gasteiger partial charge in [-0.1, -0.05) is 29.8 Å². The van der Waals surface area contributed by atoms with Crippen molar-refractivity contribution in [1.82, 2.24) is 4.90 Å². The summed E-state index contributed by atoms with van der Waals surface area (Å²) in [4.78, 5) is 16.6. The largest absolute Gasteiger partial charge is 0.368 e. The average molecular weight is 326 g/mol. The van der Waals surface area contributed by atoms with Gasteiger partial charge in [0.15, 0.2) is 0 Å². The van der Waals surface area contributed by atoms with Gasteiger partial charge in [0.25, 0.3) is 5.91 Å². The second-order valence-electron chi connectivity index (χ2n) is 5.42. The number of nitrogens with zero attached hydrogens (tertiary/aromatic N) is 3. The zero-order chi connectivity index (χ0) is 16.2. The lowest BCUT2D eigenvalue weighted by atomic mass is 10.1. The normalized spacial score (nSPS) is 14.4. The lowest BCUT2D eigenvalue weighted by Gasteiger charge is -2.36. The minimum Gasteiger partial charge on any atom is -0.368 e. The zero-order valence-electron chi connectivity index (χ0n) is 12.6. The SMILES string of the molecule is N#Cc1cccc(N2CCN(C(=O)c3ccccc3Cl)CC2)c1. The summed E-state index contributed by atoms with van der Waals surface area (Å²) in [6, 6.07) is 16.8. The molecule has 0 aliphatic carbocycles. The molecule has 1 amide bonds. The molecule has 0 aromatic heterocycles. The summed E-state index contributed by atoms with van der Waals surface area (Å²) in [5, 5.41) is 9.48. The van der Waals surface area contributed by atoms with E-state index in [0.717, 1.165) is 18.8 Å². The number of hydrogen-bond acceptors (Lipinski definition) is 3. The molecule has 2 aromatic rings. The van der Waals surface area contributed by atoms with Crippen molar-refractivity contribution in [3.8, 4) is 6.07 Å². The molecule has 23 heavy (non-hydrogen) atoms. The molecule has 4 nitrogen and oxygen atoms in total. The first-order valence-electron chi connectivity index (χ1n) is 7.48. The number of piperazine rings is 1.